The highest BCUT2D eigenvalue weighted by Crippen LogP contribution is 2.29. The number of hydrogen-bond acceptors (Lipinski definition) is 4. The van der Waals surface area contributed by atoms with Gasteiger partial charge in [0.2, 0.25) is 0 Å². The zero-order chi connectivity index (χ0) is 13.9. The highest BCUT2D eigenvalue weighted by molar-refractivity contribution is 5.55. The number of nitrogens with zero attached hydrogens (tertiary/aromatic N) is 2. The number of nitrogens with one attached hydrogen (secondary N) is 1. The van der Waals surface area contributed by atoms with Crippen LogP contribution in [-0.2, 0) is 12.8 Å². The fourth-order valence-electron chi connectivity index (χ4n) is 3.52. The van der Waals surface area contributed by atoms with E-state index >= 15 is 0 Å². The molecule has 0 aromatic carbocycles. The molecule has 0 saturated heterocycles. The summed E-state index contributed by atoms with van der Waals surface area (Å²) in [6.45, 7) is 0.713. The first-order valence-electron chi connectivity index (χ1n) is 7.71. The smallest absolute Gasteiger partial charge is 0.144 e. The molecule has 1 saturated carbocycles. The molecule has 1 heterocycles. The summed E-state index contributed by atoms with van der Waals surface area (Å²) in [6.07, 6.45) is 8.08. The monoisotopic (exact) mass is 270 g/mol. The van der Waals surface area contributed by atoms with Crippen molar-refractivity contribution in [1.29, 1.82) is 5.26 Å². The van der Waals surface area contributed by atoms with Crippen molar-refractivity contribution >= 4 is 5.82 Å². The highest BCUT2D eigenvalue weighted by Gasteiger charge is 2.25. The third-order valence-electron chi connectivity index (χ3n) is 4.71. The Balaban J connectivity index is 1.84. The Kier molecular flexibility index (Phi) is 3.88. The average molecular weight is 270 g/mol. The Bertz CT molecular complexity index is 532. The van der Waals surface area contributed by atoms with Gasteiger partial charge in [0.15, 0.2) is 0 Å². The molecule has 0 bridgehead atoms. The maximum atomic E-state index is 9.35. The summed E-state index contributed by atoms with van der Waals surface area (Å²) < 4.78 is 0. The van der Waals surface area contributed by atoms with Crippen LogP contribution in [0.15, 0.2) is 6.07 Å². The maximum Gasteiger partial charge on any atom is 0.144 e. The van der Waals surface area contributed by atoms with E-state index in [0.29, 0.717) is 24.1 Å². The summed E-state index contributed by atoms with van der Waals surface area (Å²) in [4.78, 5) is 4.71. The second kappa shape index (κ2) is 5.80. The number of hydrogen-bond donors (Lipinski definition) is 2. The first kappa shape index (κ1) is 13.4. The minimum absolute atomic E-state index is 0.368. The second-order valence-corrected chi connectivity index (χ2v) is 5.99. The summed E-state index contributed by atoms with van der Waals surface area (Å²) in [5.41, 5.74) is 9.00. The van der Waals surface area contributed by atoms with Crippen LogP contribution >= 0.6 is 0 Å². The number of nitrogens with two attached hydrogens (primary N) is 1. The lowest BCUT2D eigenvalue weighted by Gasteiger charge is -2.32. The number of rotatable bonds is 3. The molecule has 0 radical (unpaired) electrons. The van der Waals surface area contributed by atoms with Crippen LogP contribution in [0.5, 0.6) is 0 Å². The van der Waals surface area contributed by atoms with Crippen molar-refractivity contribution in [3.63, 3.8) is 0 Å². The van der Waals surface area contributed by atoms with Gasteiger partial charge in [0.1, 0.15) is 11.9 Å². The number of nitriles is 1. The van der Waals surface area contributed by atoms with Crippen molar-refractivity contribution in [2.24, 2.45) is 11.7 Å². The van der Waals surface area contributed by atoms with E-state index in [1.807, 2.05) is 6.07 Å². The van der Waals surface area contributed by atoms with Crippen molar-refractivity contribution in [3.05, 3.63) is 22.9 Å². The van der Waals surface area contributed by atoms with Gasteiger partial charge >= 0.3 is 0 Å². The summed E-state index contributed by atoms with van der Waals surface area (Å²) in [7, 11) is 0. The van der Waals surface area contributed by atoms with Crippen molar-refractivity contribution in [2.75, 3.05) is 11.9 Å². The molecule has 20 heavy (non-hydrogen) atoms. The van der Waals surface area contributed by atoms with E-state index in [4.69, 9.17) is 10.7 Å². The van der Waals surface area contributed by atoms with Gasteiger partial charge in [-0.25, -0.2) is 4.98 Å². The summed E-state index contributed by atoms with van der Waals surface area (Å²) >= 11 is 0. The maximum absolute atomic E-state index is 9.35. The van der Waals surface area contributed by atoms with E-state index in [0.717, 1.165) is 31.5 Å². The molecule has 0 aliphatic heterocycles. The molecule has 2 aliphatic rings. The molecular formula is C16H22N4. The van der Waals surface area contributed by atoms with Crippen molar-refractivity contribution in [3.8, 4) is 6.07 Å². The van der Waals surface area contributed by atoms with E-state index in [-0.39, 0.29) is 0 Å². The Morgan fingerprint density at radius 2 is 2.15 bits per heavy atom. The third kappa shape index (κ3) is 2.51. The van der Waals surface area contributed by atoms with E-state index in [1.54, 1.807) is 0 Å². The average Bonchev–Trinajstić information content (AvgIpc) is 2.94. The van der Waals surface area contributed by atoms with Crippen LogP contribution in [0.25, 0.3) is 0 Å². The summed E-state index contributed by atoms with van der Waals surface area (Å²) in [5.74, 6) is 1.28. The molecule has 3 N–H and O–H groups in total. The predicted octanol–water partition coefficient (Wildman–Crippen LogP) is 2.37. The van der Waals surface area contributed by atoms with Crippen LogP contribution in [0, 0.1) is 17.2 Å². The fraction of sp³-hybridized carbons (Fsp3) is 0.625. The van der Waals surface area contributed by atoms with Gasteiger partial charge < -0.3 is 11.1 Å². The van der Waals surface area contributed by atoms with Crippen molar-refractivity contribution < 1.29 is 0 Å². The van der Waals surface area contributed by atoms with Gasteiger partial charge in [-0.2, -0.15) is 5.26 Å². The Labute approximate surface area is 120 Å². The zero-order valence-electron chi connectivity index (χ0n) is 11.9. The molecule has 1 aromatic heterocycles. The van der Waals surface area contributed by atoms with Crippen LogP contribution in [0.1, 0.15) is 48.9 Å². The van der Waals surface area contributed by atoms with Crippen molar-refractivity contribution in [1.82, 2.24) is 4.98 Å². The molecule has 2 unspecified atom stereocenters. The van der Waals surface area contributed by atoms with Crippen LogP contribution in [0.3, 0.4) is 0 Å². The second-order valence-electron chi connectivity index (χ2n) is 5.99. The molecule has 4 nitrogen and oxygen atoms in total. The zero-order valence-corrected chi connectivity index (χ0v) is 11.9. The molecule has 2 aliphatic carbocycles. The largest absolute Gasteiger partial charge is 0.366 e. The molecule has 1 fully saturated rings. The normalized spacial score (nSPS) is 25.0. The molecular weight excluding hydrogens is 248 g/mol. The first-order chi connectivity index (χ1) is 9.81. The van der Waals surface area contributed by atoms with Gasteiger partial charge in [-0.05, 0) is 56.2 Å². The quantitative estimate of drug-likeness (QED) is 0.884. The highest BCUT2D eigenvalue weighted by atomic mass is 15.0. The van der Waals surface area contributed by atoms with Crippen LogP contribution < -0.4 is 11.1 Å². The fourth-order valence-corrected chi connectivity index (χ4v) is 3.52. The van der Waals surface area contributed by atoms with Crippen LogP contribution in [0.4, 0.5) is 5.82 Å². The molecule has 4 heteroatoms. The van der Waals surface area contributed by atoms with Crippen LogP contribution in [0.2, 0.25) is 0 Å². The minimum atomic E-state index is 0.368. The third-order valence-corrected chi connectivity index (χ3v) is 4.71. The number of aromatic nitrogens is 1. The molecule has 2 atom stereocenters. The van der Waals surface area contributed by atoms with E-state index in [2.05, 4.69) is 11.4 Å². The lowest BCUT2D eigenvalue weighted by atomic mass is 9.84. The Morgan fingerprint density at radius 3 is 2.95 bits per heavy atom. The van der Waals surface area contributed by atoms with Crippen molar-refractivity contribution in [2.45, 2.75) is 51.0 Å². The van der Waals surface area contributed by atoms with Gasteiger partial charge in [0.25, 0.3) is 0 Å². The standard InChI is InChI=1S/C16H22N4/c17-9-12-4-1-2-6-15(12)20-16-13(10-18)8-11-5-3-7-14(11)19-16/h8,12,15H,1-7,9,17H2,(H,19,20). The lowest BCUT2D eigenvalue weighted by molar-refractivity contribution is 0.332. The Hall–Kier alpha value is -1.60. The number of anilines is 1. The van der Waals surface area contributed by atoms with Gasteiger partial charge in [-0.1, -0.05) is 12.8 Å². The van der Waals surface area contributed by atoms with Gasteiger partial charge in [0, 0.05) is 11.7 Å². The molecule has 106 valence electrons. The number of pyridine rings is 1. The van der Waals surface area contributed by atoms with E-state index < -0.39 is 0 Å². The number of fused-ring (bicyclic) bond motifs is 1. The molecule has 0 spiro atoms. The predicted molar refractivity (Wildman–Crippen MR) is 79.4 cm³/mol. The first-order valence-corrected chi connectivity index (χ1v) is 7.71. The number of aryl methyl sites for hydroxylation is 2. The van der Waals surface area contributed by atoms with Gasteiger partial charge in [0.05, 0.1) is 5.56 Å². The topological polar surface area (TPSA) is 74.7 Å². The minimum Gasteiger partial charge on any atom is -0.366 e. The summed E-state index contributed by atoms with van der Waals surface area (Å²) in [6, 6.07) is 4.69. The Morgan fingerprint density at radius 1 is 1.30 bits per heavy atom. The molecule has 1 aromatic rings. The van der Waals surface area contributed by atoms with Gasteiger partial charge in [-0.15, -0.1) is 0 Å². The van der Waals surface area contributed by atoms with Crippen LogP contribution in [-0.4, -0.2) is 17.6 Å². The molecule has 0 amide bonds. The lowest BCUT2D eigenvalue weighted by Crippen LogP contribution is -2.37. The SMILES string of the molecule is N#Cc1cc2c(nc1NC1CCCCC1CN)CCC2. The summed E-state index contributed by atoms with van der Waals surface area (Å²) in [5, 5.41) is 12.9. The van der Waals surface area contributed by atoms with E-state index in [9.17, 15) is 5.26 Å². The van der Waals surface area contributed by atoms with Gasteiger partial charge in [-0.3, -0.25) is 0 Å². The van der Waals surface area contributed by atoms with E-state index in [1.165, 1.54) is 30.5 Å². The molecule has 3 rings (SSSR count).